The summed E-state index contributed by atoms with van der Waals surface area (Å²) in [6.45, 7) is 6.49. The number of hydrogen-bond donors (Lipinski definition) is 2. The molecule has 1 unspecified atom stereocenters. The number of nitrogens with zero attached hydrogens (tertiary/aromatic N) is 1. The van der Waals surface area contributed by atoms with E-state index < -0.39 is 0 Å². The zero-order valence-corrected chi connectivity index (χ0v) is 9.06. The highest BCUT2D eigenvalue weighted by Gasteiger charge is 2.22. The monoisotopic (exact) mass is 200 g/mol. The van der Waals surface area contributed by atoms with Gasteiger partial charge < -0.3 is 10.4 Å². The molecule has 0 aliphatic heterocycles. The summed E-state index contributed by atoms with van der Waals surface area (Å²) in [5, 5.41) is 15.4. The van der Waals surface area contributed by atoms with E-state index in [4.69, 9.17) is 5.11 Å². The van der Waals surface area contributed by atoms with Crippen LogP contribution in [-0.4, -0.2) is 22.7 Å². The summed E-state index contributed by atoms with van der Waals surface area (Å²) in [7, 11) is 0. The van der Waals surface area contributed by atoms with Gasteiger partial charge in [0.05, 0.1) is 11.6 Å². The lowest BCUT2D eigenvalue weighted by atomic mass is 10.1. The first kappa shape index (κ1) is 10.6. The summed E-state index contributed by atoms with van der Waals surface area (Å²) in [6.07, 6.45) is 1.48. The maximum absolute atomic E-state index is 9.13. The maximum Gasteiger partial charge on any atom is 0.112 e. The molecule has 1 aromatic rings. The Labute approximate surface area is 82.8 Å². The summed E-state index contributed by atoms with van der Waals surface area (Å²) in [4.78, 5) is 4.24. The third-order valence-corrected chi connectivity index (χ3v) is 2.90. The van der Waals surface area contributed by atoms with Crippen LogP contribution in [0, 0.1) is 0 Å². The first-order valence-electron chi connectivity index (χ1n) is 4.35. The van der Waals surface area contributed by atoms with Gasteiger partial charge in [-0.15, -0.1) is 11.3 Å². The Morgan fingerprint density at radius 2 is 2.38 bits per heavy atom. The number of rotatable bonds is 4. The molecule has 0 bridgehead atoms. The van der Waals surface area contributed by atoms with Crippen LogP contribution < -0.4 is 5.32 Å². The fourth-order valence-corrected chi connectivity index (χ4v) is 1.75. The topological polar surface area (TPSA) is 45.1 Å². The van der Waals surface area contributed by atoms with Gasteiger partial charge in [0.15, 0.2) is 0 Å². The fraction of sp³-hybridized carbons (Fsp3) is 0.667. The van der Waals surface area contributed by atoms with E-state index in [1.165, 1.54) is 0 Å². The molecule has 0 amide bonds. The predicted octanol–water partition coefficient (Wildman–Crippen LogP) is 1.35. The number of thiazole rings is 1. The molecule has 13 heavy (non-hydrogen) atoms. The minimum absolute atomic E-state index is 0.148. The van der Waals surface area contributed by atoms with E-state index in [1.54, 1.807) is 24.5 Å². The van der Waals surface area contributed by atoms with Gasteiger partial charge in [0.2, 0.25) is 0 Å². The average molecular weight is 200 g/mol. The summed E-state index contributed by atoms with van der Waals surface area (Å²) in [5.41, 5.74) is -0.148. The van der Waals surface area contributed by atoms with Crippen molar-refractivity contribution in [3.8, 4) is 0 Å². The molecule has 0 aromatic carbocycles. The number of aliphatic hydroxyl groups excluding tert-OH is 1. The van der Waals surface area contributed by atoms with Crippen molar-refractivity contribution in [3.63, 3.8) is 0 Å². The molecule has 4 heteroatoms. The van der Waals surface area contributed by atoms with Crippen molar-refractivity contribution in [3.05, 3.63) is 16.6 Å². The van der Waals surface area contributed by atoms with Crippen LogP contribution in [0.1, 0.15) is 25.8 Å². The van der Waals surface area contributed by atoms with Crippen molar-refractivity contribution in [2.45, 2.75) is 32.4 Å². The zero-order chi connectivity index (χ0) is 9.90. The molecule has 0 aliphatic rings. The summed E-state index contributed by atoms with van der Waals surface area (Å²) in [6, 6.07) is 0. The van der Waals surface area contributed by atoms with Gasteiger partial charge in [-0.2, -0.15) is 0 Å². The van der Waals surface area contributed by atoms with Gasteiger partial charge >= 0.3 is 0 Å². The lowest BCUT2D eigenvalue weighted by molar-refractivity contribution is 0.176. The lowest BCUT2D eigenvalue weighted by Crippen LogP contribution is -2.40. The highest BCUT2D eigenvalue weighted by molar-refractivity contribution is 7.09. The van der Waals surface area contributed by atoms with E-state index in [0.717, 1.165) is 5.01 Å². The Kier molecular flexibility index (Phi) is 3.41. The van der Waals surface area contributed by atoms with Gasteiger partial charge in [0.25, 0.3) is 0 Å². The van der Waals surface area contributed by atoms with E-state index >= 15 is 0 Å². The first-order chi connectivity index (χ1) is 6.02. The number of nitrogens with one attached hydrogen (secondary N) is 1. The molecule has 1 aromatic heterocycles. The Hall–Kier alpha value is -0.450. The average Bonchev–Trinajstić information content (AvgIpc) is 2.53. The van der Waals surface area contributed by atoms with E-state index in [-0.39, 0.29) is 11.6 Å². The van der Waals surface area contributed by atoms with Gasteiger partial charge in [0.1, 0.15) is 5.01 Å². The van der Waals surface area contributed by atoms with Crippen LogP contribution in [0.4, 0.5) is 0 Å². The Morgan fingerprint density at radius 3 is 2.85 bits per heavy atom. The van der Waals surface area contributed by atoms with Crippen molar-refractivity contribution in [2.24, 2.45) is 0 Å². The molecule has 1 atom stereocenters. The molecular formula is C9H16N2OS. The van der Waals surface area contributed by atoms with Crippen LogP contribution in [0.5, 0.6) is 0 Å². The SMILES string of the molecule is CC(O)CNC(C)(C)c1nccs1. The normalized spacial score (nSPS) is 14.5. The summed E-state index contributed by atoms with van der Waals surface area (Å²) >= 11 is 1.63. The Morgan fingerprint density at radius 1 is 1.69 bits per heavy atom. The molecule has 1 rings (SSSR count). The summed E-state index contributed by atoms with van der Waals surface area (Å²) in [5.74, 6) is 0. The molecule has 1 heterocycles. The second kappa shape index (κ2) is 4.17. The third-order valence-electron chi connectivity index (χ3n) is 1.81. The highest BCUT2D eigenvalue weighted by Crippen LogP contribution is 2.21. The third kappa shape index (κ3) is 3.06. The van der Waals surface area contributed by atoms with Crippen molar-refractivity contribution in [1.29, 1.82) is 0 Å². The largest absolute Gasteiger partial charge is 0.392 e. The van der Waals surface area contributed by atoms with Crippen LogP contribution in [0.25, 0.3) is 0 Å². The molecule has 3 nitrogen and oxygen atoms in total. The number of aliphatic hydroxyl groups is 1. The van der Waals surface area contributed by atoms with Gasteiger partial charge in [-0.1, -0.05) is 0 Å². The van der Waals surface area contributed by atoms with E-state index in [1.807, 2.05) is 5.38 Å². The second-order valence-corrected chi connectivity index (χ2v) is 4.59. The zero-order valence-electron chi connectivity index (χ0n) is 8.24. The minimum Gasteiger partial charge on any atom is -0.392 e. The van der Waals surface area contributed by atoms with Crippen LogP contribution >= 0.6 is 11.3 Å². The number of aromatic nitrogens is 1. The van der Waals surface area contributed by atoms with Gasteiger partial charge in [-0.05, 0) is 20.8 Å². The summed E-state index contributed by atoms with van der Waals surface area (Å²) < 4.78 is 0. The molecule has 0 radical (unpaired) electrons. The van der Waals surface area contributed by atoms with Crippen molar-refractivity contribution < 1.29 is 5.11 Å². The van der Waals surface area contributed by atoms with Crippen LogP contribution in [0.2, 0.25) is 0 Å². The Balaban J connectivity index is 2.56. The van der Waals surface area contributed by atoms with E-state index in [9.17, 15) is 0 Å². The van der Waals surface area contributed by atoms with Gasteiger partial charge in [0, 0.05) is 18.1 Å². The fourth-order valence-electron chi connectivity index (χ4n) is 1.01. The minimum atomic E-state index is -0.320. The van der Waals surface area contributed by atoms with Gasteiger partial charge in [-0.3, -0.25) is 0 Å². The van der Waals surface area contributed by atoms with Crippen LogP contribution in [0.3, 0.4) is 0 Å². The molecule has 74 valence electrons. The van der Waals surface area contributed by atoms with Gasteiger partial charge in [-0.25, -0.2) is 4.98 Å². The van der Waals surface area contributed by atoms with Crippen molar-refractivity contribution in [2.75, 3.05) is 6.54 Å². The second-order valence-electron chi connectivity index (χ2n) is 3.69. The molecule has 0 aliphatic carbocycles. The molecule has 0 spiro atoms. The predicted molar refractivity (Wildman–Crippen MR) is 54.8 cm³/mol. The van der Waals surface area contributed by atoms with Crippen LogP contribution in [-0.2, 0) is 5.54 Å². The molecule has 0 saturated heterocycles. The lowest BCUT2D eigenvalue weighted by Gasteiger charge is -2.24. The van der Waals surface area contributed by atoms with E-state index in [0.29, 0.717) is 6.54 Å². The highest BCUT2D eigenvalue weighted by atomic mass is 32.1. The van der Waals surface area contributed by atoms with Crippen LogP contribution in [0.15, 0.2) is 11.6 Å². The smallest absolute Gasteiger partial charge is 0.112 e. The maximum atomic E-state index is 9.13. The Bertz CT molecular complexity index is 244. The van der Waals surface area contributed by atoms with E-state index in [2.05, 4.69) is 24.1 Å². The molecular weight excluding hydrogens is 184 g/mol. The van der Waals surface area contributed by atoms with Crippen molar-refractivity contribution in [1.82, 2.24) is 10.3 Å². The molecule has 0 fully saturated rings. The first-order valence-corrected chi connectivity index (χ1v) is 5.23. The quantitative estimate of drug-likeness (QED) is 0.771. The van der Waals surface area contributed by atoms with Crippen molar-refractivity contribution >= 4 is 11.3 Å². The number of hydrogen-bond acceptors (Lipinski definition) is 4. The standard InChI is InChI=1S/C9H16N2OS/c1-7(12)6-11-9(2,3)8-10-4-5-13-8/h4-5,7,11-12H,6H2,1-3H3. The molecule has 0 saturated carbocycles. The molecule has 2 N–H and O–H groups in total.